The Bertz CT molecular complexity index is 1670. The Morgan fingerprint density at radius 2 is 2.06 bits per heavy atom. The largest absolute Gasteiger partial charge is 0.351 e. The van der Waals surface area contributed by atoms with Crippen molar-refractivity contribution in [2.24, 2.45) is 5.41 Å². The van der Waals surface area contributed by atoms with Crippen LogP contribution in [0, 0.1) is 5.41 Å². The summed E-state index contributed by atoms with van der Waals surface area (Å²) in [5, 5.41) is 8.16. The zero-order valence-corrected chi connectivity index (χ0v) is 19.8. The van der Waals surface area contributed by atoms with E-state index in [0.717, 1.165) is 34.9 Å². The molecule has 1 aliphatic heterocycles. The molecule has 2 N–H and O–H groups in total. The number of hydrogen-bond acceptors (Lipinski definition) is 7. The van der Waals surface area contributed by atoms with Gasteiger partial charge in [-0.2, -0.15) is 5.10 Å². The van der Waals surface area contributed by atoms with Crippen LogP contribution in [-0.4, -0.2) is 61.6 Å². The highest BCUT2D eigenvalue weighted by Gasteiger charge is 2.47. The number of pyridine rings is 3. The first-order valence-corrected chi connectivity index (χ1v) is 12.7. The topological polar surface area (TPSA) is 108 Å². The number of H-pyrrole nitrogens is 1. The van der Waals surface area contributed by atoms with Crippen molar-refractivity contribution in [3.8, 4) is 10.4 Å². The number of amides is 1. The van der Waals surface area contributed by atoms with Crippen LogP contribution in [0.5, 0.6) is 0 Å². The Balaban J connectivity index is 1.15. The van der Waals surface area contributed by atoms with Gasteiger partial charge in [0.25, 0.3) is 11.5 Å². The SMILES string of the molecule is O=C(NCCN1CCC2(CC2)C1)c1cnc2c(c1)[nH]c(=O)c1c2nn2cc(-c3ccncc3)sc12. The van der Waals surface area contributed by atoms with Crippen molar-refractivity contribution in [1.29, 1.82) is 0 Å². The number of carbonyl (C=O) groups is 1. The van der Waals surface area contributed by atoms with Crippen molar-refractivity contribution in [3.63, 3.8) is 0 Å². The molecule has 10 heteroatoms. The van der Waals surface area contributed by atoms with Gasteiger partial charge in [-0.1, -0.05) is 0 Å². The van der Waals surface area contributed by atoms with Crippen LogP contribution in [0.4, 0.5) is 0 Å². The first-order valence-electron chi connectivity index (χ1n) is 11.8. The van der Waals surface area contributed by atoms with Crippen LogP contribution in [0.3, 0.4) is 0 Å². The minimum absolute atomic E-state index is 0.187. The molecule has 5 aromatic heterocycles. The third-order valence-corrected chi connectivity index (χ3v) is 8.46. The molecule has 176 valence electrons. The lowest BCUT2D eigenvalue weighted by Gasteiger charge is -2.16. The van der Waals surface area contributed by atoms with E-state index < -0.39 is 0 Å². The normalized spacial score (nSPS) is 17.1. The number of rotatable bonds is 5. The van der Waals surface area contributed by atoms with Crippen molar-refractivity contribution >= 4 is 44.0 Å². The van der Waals surface area contributed by atoms with Crippen molar-refractivity contribution < 1.29 is 4.79 Å². The zero-order chi connectivity index (χ0) is 23.6. The molecule has 2 fully saturated rings. The van der Waals surface area contributed by atoms with Crippen molar-refractivity contribution in [2.45, 2.75) is 19.3 Å². The minimum atomic E-state index is -0.243. The molecule has 1 saturated heterocycles. The number of carbonyl (C=O) groups excluding carboxylic acids is 1. The summed E-state index contributed by atoms with van der Waals surface area (Å²) in [6, 6.07) is 5.54. The first-order chi connectivity index (χ1) is 17.1. The predicted molar refractivity (Wildman–Crippen MR) is 135 cm³/mol. The molecule has 1 aliphatic carbocycles. The molecule has 1 spiro atoms. The van der Waals surface area contributed by atoms with Gasteiger partial charge < -0.3 is 15.2 Å². The van der Waals surface area contributed by atoms with Crippen LogP contribution in [0.15, 0.2) is 47.8 Å². The molecule has 7 rings (SSSR count). The molecule has 0 aromatic carbocycles. The number of thiazole rings is 1. The summed E-state index contributed by atoms with van der Waals surface area (Å²) in [5.41, 5.74) is 3.40. The molecule has 2 aliphatic rings. The van der Waals surface area contributed by atoms with E-state index in [-0.39, 0.29) is 11.5 Å². The number of hydrogen-bond donors (Lipinski definition) is 2. The maximum Gasteiger partial charge on any atom is 0.261 e. The summed E-state index contributed by atoms with van der Waals surface area (Å²) in [6.07, 6.45) is 10.9. The molecule has 1 saturated carbocycles. The van der Waals surface area contributed by atoms with Gasteiger partial charge in [-0.15, -0.1) is 11.3 Å². The summed E-state index contributed by atoms with van der Waals surface area (Å²) in [5.74, 6) is -0.187. The highest BCUT2D eigenvalue weighted by atomic mass is 32.1. The van der Waals surface area contributed by atoms with Crippen LogP contribution in [0.2, 0.25) is 0 Å². The number of fused-ring (bicyclic) bond motifs is 5. The van der Waals surface area contributed by atoms with E-state index in [1.165, 1.54) is 30.6 Å². The average molecular weight is 486 g/mol. The maximum atomic E-state index is 13.0. The van der Waals surface area contributed by atoms with Crippen molar-refractivity contribution in [3.05, 3.63) is 58.9 Å². The minimum Gasteiger partial charge on any atom is -0.351 e. The Morgan fingerprint density at radius 1 is 1.20 bits per heavy atom. The van der Waals surface area contributed by atoms with E-state index >= 15 is 0 Å². The standard InChI is InChI=1S/C25H23N7O2S/c33-22(27-8-10-31-9-5-25(14-31)3-4-25)16-11-17-20(28-12-16)21-19(23(34)29-17)24-32(30-21)13-18(35-24)15-1-6-26-7-2-15/h1-2,6-7,11-13H,3-5,8-10,14H2,(H,27,33)(H,29,34). The summed E-state index contributed by atoms with van der Waals surface area (Å²) in [7, 11) is 0. The van der Waals surface area contributed by atoms with E-state index in [4.69, 9.17) is 0 Å². The molecule has 0 atom stereocenters. The molecule has 6 heterocycles. The molecule has 5 aromatic rings. The monoisotopic (exact) mass is 485 g/mol. The molecule has 35 heavy (non-hydrogen) atoms. The second kappa shape index (κ2) is 7.69. The summed E-state index contributed by atoms with van der Waals surface area (Å²) in [4.78, 5) is 41.4. The summed E-state index contributed by atoms with van der Waals surface area (Å²) < 4.78 is 1.73. The smallest absolute Gasteiger partial charge is 0.261 e. The molecule has 0 unspecified atom stereocenters. The molecule has 0 bridgehead atoms. The second-order valence-corrected chi connectivity index (χ2v) is 10.7. The second-order valence-electron chi connectivity index (χ2n) is 9.66. The van der Waals surface area contributed by atoms with Gasteiger partial charge >= 0.3 is 0 Å². The lowest BCUT2D eigenvalue weighted by molar-refractivity contribution is 0.0949. The fourth-order valence-corrected chi connectivity index (χ4v) is 6.25. The fraction of sp³-hybridized carbons (Fsp3) is 0.320. The van der Waals surface area contributed by atoms with E-state index in [2.05, 4.69) is 30.3 Å². The third-order valence-electron chi connectivity index (χ3n) is 7.32. The Labute approximate surface area is 203 Å². The summed E-state index contributed by atoms with van der Waals surface area (Å²) >= 11 is 1.50. The molecular formula is C25H23N7O2S. The molecular weight excluding hydrogens is 462 g/mol. The van der Waals surface area contributed by atoms with Crippen LogP contribution in [0.1, 0.15) is 29.6 Å². The number of aromatic nitrogens is 5. The van der Waals surface area contributed by atoms with Crippen LogP contribution in [-0.2, 0) is 0 Å². The Kier molecular flexibility index (Phi) is 4.55. The Morgan fingerprint density at radius 3 is 2.86 bits per heavy atom. The number of nitrogens with zero attached hydrogens (tertiary/aromatic N) is 5. The van der Waals surface area contributed by atoms with Crippen molar-refractivity contribution in [2.75, 3.05) is 26.2 Å². The van der Waals surface area contributed by atoms with Gasteiger partial charge in [-0.05, 0) is 55.0 Å². The van der Waals surface area contributed by atoms with E-state index in [1.54, 1.807) is 29.2 Å². The fourth-order valence-electron chi connectivity index (χ4n) is 5.16. The van der Waals surface area contributed by atoms with Crippen LogP contribution >= 0.6 is 11.3 Å². The summed E-state index contributed by atoms with van der Waals surface area (Å²) in [6.45, 7) is 3.74. The van der Waals surface area contributed by atoms with Gasteiger partial charge in [0.15, 0.2) is 0 Å². The number of nitrogens with one attached hydrogen (secondary N) is 2. The maximum absolute atomic E-state index is 13.0. The third kappa shape index (κ3) is 3.52. The number of likely N-dealkylation sites (tertiary alicyclic amines) is 1. The van der Waals surface area contributed by atoms with Gasteiger partial charge in [0.2, 0.25) is 0 Å². The lowest BCUT2D eigenvalue weighted by atomic mass is 10.1. The molecule has 0 radical (unpaired) electrons. The van der Waals surface area contributed by atoms with Gasteiger partial charge in [-0.3, -0.25) is 19.6 Å². The highest BCUT2D eigenvalue weighted by Crippen LogP contribution is 2.52. The molecule has 9 nitrogen and oxygen atoms in total. The van der Waals surface area contributed by atoms with E-state index in [1.807, 2.05) is 18.3 Å². The van der Waals surface area contributed by atoms with Crippen molar-refractivity contribution in [1.82, 2.24) is 34.8 Å². The van der Waals surface area contributed by atoms with Gasteiger partial charge in [-0.25, -0.2) is 4.52 Å². The van der Waals surface area contributed by atoms with Gasteiger partial charge in [0.1, 0.15) is 21.3 Å². The predicted octanol–water partition coefficient (Wildman–Crippen LogP) is 3.06. The Hall–Kier alpha value is -3.63. The molecule has 1 amide bonds. The van der Waals surface area contributed by atoms with Crippen LogP contribution < -0.4 is 10.9 Å². The zero-order valence-electron chi connectivity index (χ0n) is 19.0. The van der Waals surface area contributed by atoms with E-state index in [0.29, 0.717) is 39.5 Å². The highest BCUT2D eigenvalue weighted by molar-refractivity contribution is 7.21. The first kappa shape index (κ1) is 20.7. The average Bonchev–Trinajstić information content (AvgIpc) is 3.16. The van der Waals surface area contributed by atoms with Crippen LogP contribution in [0.25, 0.3) is 37.2 Å². The lowest BCUT2D eigenvalue weighted by Crippen LogP contribution is -2.34. The number of aromatic amines is 1. The van der Waals surface area contributed by atoms with E-state index in [9.17, 15) is 9.59 Å². The quantitative estimate of drug-likeness (QED) is 0.396. The van der Waals surface area contributed by atoms with Gasteiger partial charge in [0, 0.05) is 44.4 Å². The van der Waals surface area contributed by atoms with Gasteiger partial charge in [0.05, 0.1) is 16.0 Å².